The van der Waals surface area contributed by atoms with Gasteiger partial charge in [0.15, 0.2) is 0 Å². The summed E-state index contributed by atoms with van der Waals surface area (Å²) in [7, 11) is 0. The second-order valence-electron chi connectivity index (χ2n) is 3.83. The summed E-state index contributed by atoms with van der Waals surface area (Å²) in [6, 6.07) is 7.15. The van der Waals surface area contributed by atoms with Crippen LogP contribution in [0.5, 0.6) is 0 Å². The van der Waals surface area contributed by atoms with Crippen LogP contribution in [0.1, 0.15) is 6.92 Å². The minimum Gasteiger partial charge on any atom is -0.330 e. The largest absolute Gasteiger partial charge is 0.393 e. The average Bonchev–Trinajstić information content (AvgIpc) is 2.61. The summed E-state index contributed by atoms with van der Waals surface area (Å²) in [6.45, 7) is 1.08. The fourth-order valence-corrected chi connectivity index (χ4v) is 1.55. The van der Waals surface area contributed by atoms with Crippen LogP contribution in [0.25, 0.3) is 11.0 Å². The SMILES string of the molecule is CC(Cn1cnc2ccccc21)C(F)(F)F. The maximum absolute atomic E-state index is 12.4. The number of halogens is 3. The van der Waals surface area contributed by atoms with E-state index in [4.69, 9.17) is 0 Å². The predicted octanol–water partition coefficient (Wildman–Crippen LogP) is 3.23. The maximum atomic E-state index is 12.4. The molecule has 0 saturated carbocycles. The van der Waals surface area contributed by atoms with Crippen molar-refractivity contribution < 1.29 is 13.2 Å². The van der Waals surface area contributed by atoms with Crippen molar-refractivity contribution in [2.75, 3.05) is 0 Å². The highest BCUT2D eigenvalue weighted by molar-refractivity contribution is 5.74. The Hall–Kier alpha value is -1.52. The smallest absolute Gasteiger partial charge is 0.330 e. The molecule has 2 aromatic rings. The van der Waals surface area contributed by atoms with E-state index in [0.717, 1.165) is 11.0 Å². The van der Waals surface area contributed by atoms with Gasteiger partial charge in [-0.15, -0.1) is 0 Å². The first-order valence-electron chi connectivity index (χ1n) is 4.95. The van der Waals surface area contributed by atoms with E-state index < -0.39 is 12.1 Å². The quantitative estimate of drug-likeness (QED) is 0.771. The van der Waals surface area contributed by atoms with Gasteiger partial charge < -0.3 is 4.57 Å². The molecule has 5 heteroatoms. The summed E-state index contributed by atoms with van der Waals surface area (Å²) >= 11 is 0. The van der Waals surface area contributed by atoms with Crippen LogP contribution in [0.3, 0.4) is 0 Å². The first kappa shape index (κ1) is 11.0. The summed E-state index contributed by atoms with van der Waals surface area (Å²) in [4.78, 5) is 4.05. The van der Waals surface area contributed by atoms with Gasteiger partial charge in [0, 0.05) is 6.54 Å². The lowest BCUT2D eigenvalue weighted by Crippen LogP contribution is -2.24. The molecule has 0 fully saturated rings. The molecule has 2 nitrogen and oxygen atoms in total. The molecule has 0 radical (unpaired) electrons. The van der Waals surface area contributed by atoms with E-state index in [0.29, 0.717) is 0 Å². The van der Waals surface area contributed by atoms with E-state index in [1.54, 1.807) is 18.2 Å². The fourth-order valence-electron chi connectivity index (χ4n) is 1.55. The van der Waals surface area contributed by atoms with Crippen molar-refractivity contribution in [3.63, 3.8) is 0 Å². The number of para-hydroxylation sites is 2. The first-order chi connectivity index (χ1) is 7.48. The van der Waals surface area contributed by atoms with Crippen LogP contribution in [0.4, 0.5) is 13.2 Å². The molecule has 16 heavy (non-hydrogen) atoms. The Balaban J connectivity index is 2.28. The first-order valence-corrected chi connectivity index (χ1v) is 4.95. The molecule has 0 amide bonds. The molecule has 0 aliphatic carbocycles. The average molecular weight is 228 g/mol. The van der Waals surface area contributed by atoms with Gasteiger partial charge in [0.1, 0.15) is 0 Å². The molecule has 86 valence electrons. The number of benzene rings is 1. The lowest BCUT2D eigenvalue weighted by atomic mass is 10.1. The summed E-state index contributed by atoms with van der Waals surface area (Å²) in [5, 5.41) is 0. The van der Waals surface area contributed by atoms with Crippen LogP contribution in [0, 0.1) is 5.92 Å². The predicted molar refractivity (Wildman–Crippen MR) is 55.0 cm³/mol. The topological polar surface area (TPSA) is 17.8 Å². The Morgan fingerprint density at radius 3 is 2.69 bits per heavy atom. The van der Waals surface area contributed by atoms with E-state index in [-0.39, 0.29) is 6.54 Å². The summed E-state index contributed by atoms with van der Waals surface area (Å²) in [5.41, 5.74) is 1.45. The molecule has 0 saturated heterocycles. The standard InChI is InChI=1S/C11H11F3N2/c1-8(11(12,13)14)6-16-7-15-9-4-2-3-5-10(9)16/h2-5,7-8H,6H2,1H3. The van der Waals surface area contributed by atoms with Crippen molar-refractivity contribution in [2.24, 2.45) is 5.92 Å². The minimum absolute atomic E-state index is 0.0932. The van der Waals surface area contributed by atoms with Gasteiger partial charge in [-0.2, -0.15) is 13.2 Å². The highest BCUT2D eigenvalue weighted by Crippen LogP contribution is 2.27. The van der Waals surface area contributed by atoms with Crippen molar-refractivity contribution in [1.29, 1.82) is 0 Å². The number of hydrogen-bond acceptors (Lipinski definition) is 1. The summed E-state index contributed by atoms with van der Waals surface area (Å²) in [6.07, 6.45) is -2.71. The minimum atomic E-state index is -4.16. The van der Waals surface area contributed by atoms with Crippen LogP contribution in [-0.2, 0) is 6.54 Å². The lowest BCUT2D eigenvalue weighted by Gasteiger charge is -2.16. The van der Waals surface area contributed by atoms with Gasteiger partial charge in [-0.05, 0) is 12.1 Å². The zero-order chi connectivity index (χ0) is 11.8. The number of rotatable bonds is 2. The van der Waals surface area contributed by atoms with Gasteiger partial charge in [0.2, 0.25) is 0 Å². The molecule has 1 unspecified atom stereocenters. The van der Waals surface area contributed by atoms with Gasteiger partial charge >= 0.3 is 6.18 Å². The molecule has 1 atom stereocenters. The van der Waals surface area contributed by atoms with Gasteiger partial charge in [-0.3, -0.25) is 0 Å². The molecular weight excluding hydrogens is 217 g/mol. The van der Waals surface area contributed by atoms with E-state index in [1.807, 2.05) is 6.07 Å². The summed E-state index contributed by atoms with van der Waals surface area (Å²) < 4.78 is 38.8. The van der Waals surface area contributed by atoms with Crippen molar-refractivity contribution >= 4 is 11.0 Å². The number of hydrogen-bond donors (Lipinski definition) is 0. The molecule has 2 rings (SSSR count). The highest BCUT2D eigenvalue weighted by atomic mass is 19.4. The van der Waals surface area contributed by atoms with E-state index in [9.17, 15) is 13.2 Å². The number of nitrogens with zero attached hydrogens (tertiary/aromatic N) is 2. The zero-order valence-corrected chi connectivity index (χ0v) is 8.70. The van der Waals surface area contributed by atoms with Gasteiger partial charge in [0.25, 0.3) is 0 Å². The number of alkyl halides is 3. The monoisotopic (exact) mass is 228 g/mol. The van der Waals surface area contributed by atoms with Crippen LogP contribution in [-0.4, -0.2) is 15.7 Å². The fraction of sp³-hybridized carbons (Fsp3) is 0.364. The number of imidazole rings is 1. The number of aromatic nitrogens is 2. The van der Waals surface area contributed by atoms with Gasteiger partial charge in [-0.25, -0.2) is 4.98 Å². The second-order valence-corrected chi connectivity index (χ2v) is 3.83. The van der Waals surface area contributed by atoms with Gasteiger partial charge in [-0.1, -0.05) is 19.1 Å². The lowest BCUT2D eigenvalue weighted by molar-refractivity contribution is -0.172. The second kappa shape index (κ2) is 3.81. The summed E-state index contributed by atoms with van der Waals surface area (Å²) in [5.74, 6) is -1.37. The van der Waals surface area contributed by atoms with E-state index >= 15 is 0 Å². The van der Waals surface area contributed by atoms with E-state index in [1.165, 1.54) is 17.8 Å². The molecule has 0 aliphatic rings. The molecule has 0 aliphatic heterocycles. The molecule has 0 N–H and O–H groups in total. The van der Waals surface area contributed by atoms with Crippen molar-refractivity contribution in [2.45, 2.75) is 19.6 Å². The molecule has 0 bridgehead atoms. The normalized spacial score (nSPS) is 14.2. The van der Waals surface area contributed by atoms with Gasteiger partial charge in [0.05, 0.1) is 23.3 Å². The third-order valence-electron chi connectivity index (χ3n) is 2.56. The Bertz CT molecular complexity index is 487. The molecule has 1 aromatic heterocycles. The van der Waals surface area contributed by atoms with Crippen molar-refractivity contribution in [1.82, 2.24) is 9.55 Å². The maximum Gasteiger partial charge on any atom is 0.393 e. The Labute approximate surface area is 90.7 Å². The van der Waals surface area contributed by atoms with Crippen LogP contribution in [0.15, 0.2) is 30.6 Å². The van der Waals surface area contributed by atoms with Crippen LogP contribution in [0.2, 0.25) is 0 Å². The van der Waals surface area contributed by atoms with Crippen LogP contribution < -0.4 is 0 Å². The molecule has 0 spiro atoms. The van der Waals surface area contributed by atoms with Crippen molar-refractivity contribution in [3.8, 4) is 0 Å². The third kappa shape index (κ3) is 2.03. The molecule has 1 aromatic carbocycles. The van der Waals surface area contributed by atoms with E-state index in [2.05, 4.69) is 4.98 Å². The molecule has 1 heterocycles. The Morgan fingerprint density at radius 2 is 2.00 bits per heavy atom. The third-order valence-corrected chi connectivity index (χ3v) is 2.56. The zero-order valence-electron chi connectivity index (χ0n) is 8.70. The Morgan fingerprint density at radius 1 is 1.31 bits per heavy atom. The number of fused-ring (bicyclic) bond motifs is 1. The van der Waals surface area contributed by atoms with Crippen molar-refractivity contribution in [3.05, 3.63) is 30.6 Å². The Kier molecular flexibility index (Phi) is 2.61. The highest BCUT2D eigenvalue weighted by Gasteiger charge is 2.36. The molecular formula is C11H11F3N2. The van der Waals surface area contributed by atoms with Crippen LogP contribution >= 0.6 is 0 Å².